The van der Waals surface area contributed by atoms with Crippen LogP contribution in [0.4, 0.5) is 18.9 Å². The fourth-order valence-electron chi connectivity index (χ4n) is 2.86. The fraction of sp³-hybridized carbons (Fsp3) is 0.263. The summed E-state index contributed by atoms with van der Waals surface area (Å²) in [5.74, 6) is -0.157. The summed E-state index contributed by atoms with van der Waals surface area (Å²) in [5, 5.41) is 2.73. The van der Waals surface area contributed by atoms with Crippen molar-refractivity contribution in [3.8, 4) is 11.5 Å². The molecular formula is C19H16BrF3N2O3. The first-order valence-electron chi connectivity index (χ1n) is 8.36. The van der Waals surface area contributed by atoms with Gasteiger partial charge in [0.2, 0.25) is 11.8 Å². The monoisotopic (exact) mass is 456 g/mol. The van der Waals surface area contributed by atoms with Crippen molar-refractivity contribution in [3.63, 3.8) is 0 Å². The van der Waals surface area contributed by atoms with Crippen molar-refractivity contribution in [3.05, 3.63) is 52.5 Å². The molecule has 0 spiro atoms. The summed E-state index contributed by atoms with van der Waals surface area (Å²) >= 11 is 3.32. The van der Waals surface area contributed by atoms with Crippen molar-refractivity contribution >= 4 is 33.4 Å². The van der Waals surface area contributed by atoms with Crippen LogP contribution in [0.2, 0.25) is 0 Å². The van der Waals surface area contributed by atoms with E-state index in [-0.39, 0.29) is 23.3 Å². The van der Waals surface area contributed by atoms with Gasteiger partial charge in [0, 0.05) is 24.0 Å². The Morgan fingerprint density at radius 3 is 2.57 bits per heavy atom. The van der Waals surface area contributed by atoms with Gasteiger partial charge in [-0.1, -0.05) is 6.07 Å². The number of amides is 2. The smallest absolute Gasteiger partial charge is 0.416 e. The van der Waals surface area contributed by atoms with E-state index in [1.807, 2.05) is 0 Å². The number of benzene rings is 2. The Kier molecular flexibility index (Phi) is 5.64. The zero-order valence-corrected chi connectivity index (χ0v) is 16.3. The maximum atomic E-state index is 12.8. The molecule has 1 aliphatic rings. The third-order valence-electron chi connectivity index (χ3n) is 4.39. The third kappa shape index (κ3) is 4.46. The van der Waals surface area contributed by atoms with Crippen LogP contribution in [0.1, 0.15) is 18.4 Å². The van der Waals surface area contributed by atoms with Crippen molar-refractivity contribution < 1.29 is 27.5 Å². The molecule has 0 saturated carbocycles. The molecule has 0 bridgehead atoms. The van der Waals surface area contributed by atoms with Gasteiger partial charge in [-0.05, 0) is 52.7 Å². The van der Waals surface area contributed by atoms with Crippen molar-refractivity contribution in [1.82, 2.24) is 4.90 Å². The lowest BCUT2D eigenvalue weighted by molar-refractivity contribution is -0.137. The van der Waals surface area contributed by atoms with E-state index in [9.17, 15) is 22.8 Å². The van der Waals surface area contributed by atoms with Crippen molar-refractivity contribution in [2.75, 3.05) is 12.4 Å². The van der Waals surface area contributed by atoms with Crippen LogP contribution in [0.5, 0.6) is 11.5 Å². The predicted molar refractivity (Wildman–Crippen MR) is 100 cm³/mol. The highest BCUT2D eigenvalue weighted by atomic mass is 79.9. The number of anilines is 1. The number of hydrogen-bond acceptors (Lipinski definition) is 3. The molecule has 9 heteroatoms. The van der Waals surface area contributed by atoms with Crippen LogP contribution in [-0.2, 0) is 15.8 Å². The summed E-state index contributed by atoms with van der Waals surface area (Å²) in [6, 6.07) is 8.64. The van der Waals surface area contributed by atoms with E-state index in [1.54, 1.807) is 19.2 Å². The molecule has 148 valence electrons. The van der Waals surface area contributed by atoms with Crippen molar-refractivity contribution in [2.45, 2.75) is 25.1 Å². The molecule has 1 unspecified atom stereocenters. The van der Waals surface area contributed by atoms with E-state index in [2.05, 4.69) is 21.2 Å². The van der Waals surface area contributed by atoms with E-state index in [1.165, 1.54) is 23.1 Å². The van der Waals surface area contributed by atoms with Gasteiger partial charge in [0.15, 0.2) is 0 Å². The van der Waals surface area contributed by atoms with Gasteiger partial charge in [-0.2, -0.15) is 13.2 Å². The van der Waals surface area contributed by atoms with E-state index in [0.29, 0.717) is 23.0 Å². The summed E-state index contributed by atoms with van der Waals surface area (Å²) in [6.45, 7) is 0. The fourth-order valence-corrected chi connectivity index (χ4v) is 3.21. The average molecular weight is 457 g/mol. The van der Waals surface area contributed by atoms with E-state index in [0.717, 1.165) is 12.1 Å². The minimum atomic E-state index is -4.47. The molecule has 1 atom stereocenters. The Morgan fingerprint density at radius 2 is 1.93 bits per heavy atom. The Hall–Kier alpha value is -2.55. The molecule has 0 aromatic heterocycles. The van der Waals surface area contributed by atoms with Crippen LogP contribution in [0.3, 0.4) is 0 Å². The topological polar surface area (TPSA) is 58.6 Å². The Morgan fingerprint density at radius 1 is 1.21 bits per heavy atom. The summed E-state index contributed by atoms with van der Waals surface area (Å²) in [4.78, 5) is 25.5. The highest BCUT2D eigenvalue weighted by Gasteiger charge is 2.33. The van der Waals surface area contributed by atoms with E-state index in [4.69, 9.17) is 4.74 Å². The molecule has 1 aliphatic heterocycles. The van der Waals surface area contributed by atoms with Crippen molar-refractivity contribution in [1.29, 1.82) is 0 Å². The van der Waals surface area contributed by atoms with Crippen LogP contribution in [0.15, 0.2) is 46.9 Å². The molecule has 1 N–H and O–H groups in total. The van der Waals surface area contributed by atoms with Gasteiger partial charge >= 0.3 is 6.18 Å². The standard InChI is InChI=1S/C19H16BrF3N2O3/c1-25-16(7-8-17(25)26)18(27)24-15-10-13(5-6-14(15)20)28-12-4-2-3-11(9-12)19(21,22)23/h2-6,9-10,16H,7-8H2,1H3,(H,24,27). The number of carbonyl (C=O) groups excluding carboxylic acids is 2. The second-order valence-corrected chi connectivity index (χ2v) is 7.17. The molecular weight excluding hydrogens is 441 g/mol. The number of ether oxygens (including phenoxy) is 1. The summed E-state index contributed by atoms with van der Waals surface area (Å²) in [5.41, 5.74) is -0.424. The largest absolute Gasteiger partial charge is 0.457 e. The van der Waals surface area contributed by atoms with Gasteiger partial charge in [0.05, 0.1) is 11.3 Å². The normalized spacial score (nSPS) is 17.0. The molecule has 2 aromatic rings. The second kappa shape index (κ2) is 7.83. The number of alkyl halides is 3. The molecule has 0 radical (unpaired) electrons. The number of rotatable bonds is 4. The molecule has 1 fully saturated rings. The van der Waals surface area contributed by atoms with Gasteiger partial charge in [0.25, 0.3) is 0 Å². The number of nitrogens with one attached hydrogen (secondary N) is 1. The molecule has 0 aliphatic carbocycles. The molecule has 1 saturated heterocycles. The van der Waals surface area contributed by atoms with E-state index >= 15 is 0 Å². The number of likely N-dealkylation sites (tertiary alicyclic amines) is 1. The lowest BCUT2D eigenvalue weighted by atomic mass is 10.2. The van der Waals surface area contributed by atoms with E-state index < -0.39 is 17.8 Å². The molecule has 3 rings (SSSR count). The lowest BCUT2D eigenvalue weighted by Crippen LogP contribution is -2.38. The van der Waals surface area contributed by atoms with Gasteiger partial charge in [-0.3, -0.25) is 9.59 Å². The Bertz CT molecular complexity index is 918. The molecule has 1 heterocycles. The Balaban J connectivity index is 1.77. The first kappa shape index (κ1) is 20.2. The van der Waals surface area contributed by atoms with Gasteiger partial charge in [-0.25, -0.2) is 0 Å². The van der Waals surface area contributed by atoms with Crippen molar-refractivity contribution in [2.24, 2.45) is 0 Å². The van der Waals surface area contributed by atoms with Gasteiger partial charge < -0.3 is 15.0 Å². The van der Waals surface area contributed by atoms with Gasteiger partial charge in [0.1, 0.15) is 17.5 Å². The molecule has 2 amide bonds. The third-order valence-corrected chi connectivity index (χ3v) is 5.08. The predicted octanol–water partition coefficient (Wildman–Crippen LogP) is 4.82. The van der Waals surface area contributed by atoms with Crippen LogP contribution >= 0.6 is 15.9 Å². The van der Waals surface area contributed by atoms with Crippen LogP contribution < -0.4 is 10.1 Å². The number of nitrogens with zero attached hydrogens (tertiary/aromatic N) is 1. The summed E-state index contributed by atoms with van der Waals surface area (Å²) in [6.07, 6.45) is -3.73. The van der Waals surface area contributed by atoms with Crippen LogP contribution in [0, 0.1) is 0 Å². The molecule has 2 aromatic carbocycles. The first-order valence-corrected chi connectivity index (χ1v) is 9.15. The number of likely N-dealkylation sites (N-methyl/N-ethyl adjacent to an activating group) is 1. The van der Waals surface area contributed by atoms with Gasteiger partial charge in [-0.15, -0.1) is 0 Å². The molecule has 28 heavy (non-hydrogen) atoms. The summed E-state index contributed by atoms with van der Waals surface area (Å²) in [7, 11) is 1.57. The maximum Gasteiger partial charge on any atom is 0.416 e. The lowest BCUT2D eigenvalue weighted by Gasteiger charge is -2.20. The zero-order valence-electron chi connectivity index (χ0n) is 14.7. The molecule has 5 nitrogen and oxygen atoms in total. The zero-order chi connectivity index (χ0) is 20.5. The number of hydrogen-bond donors (Lipinski definition) is 1. The summed E-state index contributed by atoms with van der Waals surface area (Å²) < 4.78 is 44.6. The average Bonchev–Trinajstić information content (AvgIpc) is 2.96. The highest BCUT2D eigenvalue weighted by molar-refractivity contribution is 9.10. The quantitative estimate of drug-likeness (QED) is 0.717. The Labute approximate surface area is 167 Å². The number of halogens is 4. The second-order valence-electron chi connectivity index (χ2n) is 6.32. The first-order chi connectivity index (χ1) is 13.1. The SMILES string of the molecule is CN1C(=O)CCC1C(=O)Nc1cc(Oc2cccc(C(F)(F)F)c2)ccc1Br. The minimum Gasteiger partial charge on any atom is -0.457 e. The van der Waals surface area contributed by atoms with Crippen LogP contribution in [-0.4, -0.2) is 29.8 Å². The highest BCUT2D eigenvalue weighted by Crippen LogP contribution is 2.34. The maximum absolute atomic E-state index is 12.8. The number of carbonyl (C=O) groups is 2. The minimum absolute atomic E-state index is 0.0237. The van der Waals surface area contributed by atoms with Crippen LogP contribution in [0.25, 0.3) is 0 Å².